The van der Waals surface area contributed by atoms with E-state index in [0.29, 0.717) is 10.4 Å². The number of benzene rings is 1. The van der Waals surface area contributed by atoms with Crippen molar-refractivity contribution in [1.29, 1.82) is 0 Å². The molecule has 1 heterocycles. The van der Waals surface area contributed by atoms with Gasteiger partial charge in [-0.05, 0) is 46.2 Å². The molecule has 2 aromatic rings. The van der Waals surface area contributed by atoms with Crippen molar-refractivity contribution in [3.63, 3.8) is 0 Å². The Morgan fingerprint density at radius 1 is 1.44 bits per heavy atom. The summed E-state index contributed by atoms with van der Waals surface area (Å²) in [6.07, 6.45) is 1.81. The van der Waals surface area contributed by atoms with Crippen LogP contribution in [0.4, 0.5) is 5.69 Å². The summed E-state index contributed by atoms with van der Waals surface area (Å²) in [7, 11) is 0. The van der Waals surface area contributed by atoms with Crippen LogP contribution in [0.5, 0.6) is 0 Å². The molecule has 0 radical (unpaired) electrons. The van der Waals surface area contributed by atoms with Gasteiger partial charge in [0, 0.05) is 20.3 Å². The highest BCUT2D eigenvalue weighted by Gasteiger charge is 2.05. The maximum atomic E-state index is 5.81. The molecule has 1 N–H and O–H groups in total. The van der Waals surface area contributed by atoms with E-state index < -0.39 is 0 Å². The first-order valence-corrected chi connectivity index (χ1v) is 7.97. The summed E-state index contributed by atoms with van der Waals surface area (Å²) in [5.74, 6) is 0.563. The number of thiazole rings is 1. The molecule has 2 nitrogen and oxygen atoms in total. The Morgan fingerprint density at radius 3 is 2.78 bits per heavy atom. The molecule has 0 unspecified atom stereocenters. The van der Waals surface area contributed by atoms with Crippen molar-refractivity contribution < 1.29 is 0 Å². The fourth-order valence-electron chi connectivity index (χ4n) is 1.58. The van der Waals surface area contributed by atoms with Crippen molar-refractivity contribution in [2.24, 2.45) is 0 Å². The summed E-state index contributed by atoms with van der Waals surface area (Å²) in [6, 6.07) is 6.54. The first-order chi connectivity index (χ1) is 8.56. The van der Waals surface area contributed by atoms with Gasteiger partial charge in [-0.2, -0.15) is 0 Å². The third-order valence-corrected chi connectivity index (χ3v) is 4.65. The summed E-state index contributed by atoms with van der Waals surface area (Å²) in [4.78, 5) is 5.17. The van der Waals surface area contributed by atoms with Crippen molar-refractivity contribution in [2.45, 2.75) is 26.3 Å². The first kappa shape index (κ1) is 14.1. The second-order valence-electron chi connectivity index (χ2n) is 4.33. The molecule has 0 atom stereocenters. The van der Waals surface area contributed by atoms with Crippen molar-refractivity contribution in [3.8, 4) is 0 Å². The zero-order valence-corrected chi connectivity index (χ0v) is 13.9. The molecule has 0 aliphatic heterocycles. The topological polar surface area (TPSA) is 24.9 Å². The highest BCUT2D eigenvalue weighted by molar-refractivity contribution is 14.1. The van der Waals surface area contributed by atoms with Gasteiger partial charge in [-0.15, -0.1) is 11.3 Å². The Bertz CT molecular complexity index is 540. The van der Waals surface area contributed by atoms with Gasteiger partial charge in [-0.25, -0.2) is 4.98 Å². The molecule has 2 rings (SSSR count). The lowest BCUT2D eigenvalue weighted by Gasteiger charge is -2.11. The van der Waals surface area contributed by atoms with Crippen molar-refractivity contribution in [3.05, 3.63) is 42.9 Å². The lowest BCUT2D eigenvalue weighted by molar-refractivity contribution is 0.865. The average molecular weight is 393 g/mol. The number of anilines is 1. The number of halogens is 2. The summed E-state index contributed by atoms with van der Waals surface area (Å²) in [6.45, 7) is 5.18. The highest BCUT2D eigenvalue weighted by Crippen LogP contribution is 2.25. The third kappa shape index (κ3) is 3.59. The molecular formula is C13H14ClIN2S. The monoisotopic (exact) mass is 392 g/mol. The third-order valence-electron chi connectivity index (χ3n) is 2.64. The Labute approximate surface area is 130 Å². The maximum absolute atomic E-state index is 5.81. The molecule has 18 heavy (non-hydrogen) atoms. The van der Waals surface area contributed by atoms with Crippen LogP contribution in [0.2, 0.25) is 4.47 Å². The van der Waals surface area contributed by atoms with Crippen LogP contribution in [-0.2, 0) is 6.54 Å². The number of aromatic nitrogens is 1. The molecule has 0 saturated carbocycles. The van der Waals surface area contributed by atoms with E-state index in [2.05, 4.69) is 64.9 Å². The number of rotatable bonds is 4. The summed E-state index contributed by atoms with van der Waals surface area (Å²) in [5.41, 5.74) is 2.52. The summed E-state index contributed by atoms with van der Waals surface area (Å²) in [5, 5.41) is 3.41. The molecule has 0 amide bonds. The van der Waals surface area contributed by atoms with Gasteiger partial charge >= 0.3 is 0 Å². The molecule has 0 spiro atoms. The zero-order valence-electron chi connectivity index (χ0n) is 10.2. The number of hydrogen-bond acceptors (Lipinski definition) is 3. The SMILES string of the molecule is CC(C)c1ccc(NCc2cnc(Cl)s2)c(I)c1. The van der Waals surface area contributed by atoms with Gasteiger partial charge in [-0.1, -0.05) is 31.5 Å². The van der Waals surface area contributed by atoms with Crippen LogP contribution >= 0.6 is 45.5 Å². The van der Waals surface area contributed by atoms with E-state index >= 15 is 0 Å². The Morgan fingerprint density at radius 2 is 2.22 bits per heavy atom. The van der Waals surface area contributed by atoms with Gasteiger partial charge in [0.05, 0.1) is 6.54 Å². The summed E-state index contributed by atoms with van der Waals surface area (Å²) < 4.78 is 1.84. The van der Waals surface area contributed by atoms with E-state index in [0.717, 1.165) is 17.1 Å². The van der Waals surface area contributed by atoms with Crippen LogP contribution in [0.1, 0.15) is 30.2 Å². The predicted octanol–water partition coefficient (Wildman–Crippen LogP) is 5.14. The second-order valence-corrected chi connectivity index (χ2v) is 7.19. The quantitative estimate of drug-likeness (QED) is 0.729. The van der Waals surface area contributed by atoms with Crippen LogP contribution < -0.4 is 5.32 Å². The van der Waals surface area contributed by atoms with Gasteiger partial charge in [0.2, 0.25) is 0 Å². The van der Waals surface area contributed by atoms with Crippen LogP contribution in [0.25, 0.3) is 0 Å². The average Bonchev–Trinajstić information content (AvgIpc) is 2.73. The lowest BCUT2D eigenvalue weighted by Crippen LogP contribution is -2.00. The van der Waals surface area contributed by atoms with Crippen LogP contribution in [0, 0.1) is 3.57 Å². The zero-order chi connectivity index (χ0) is 13.1. The molecule has 0 aliphatic carbocycles. The van der Waals surface area contributed by atoms with Crippen molar-refractivity contribution >= 4 is 51.2 Å². The molecule has 1 aromatic carbocycles. The smallest absolute Gasteiger partial charge is 0.183 e. The van der Waals surface area contributed by atoms with Gasteiger partial charge in [0.15, 0.2) is 4.47 Å². The minimum atomic E-state index is 0.563. The summed E-state index contributed by atoms with van der Waals surface area (Å²) >= 11 is 9.68. The van der Waals surface area contributed by atoms with Gasteiger partial charge < -0.3 is 5.32 Å². The standard InChI is InChI=1S/C13H14ClIN2S/c1-8(2)9-3-4-12(11(15)5-9)16-6-10-7-17-13(14)18-10/h3-5,7-8,16H,6H2,1-2H3. The lowest BCUT2D eigenvalue weighted by atomic mass is 10.0. The normalized spacial score (nSPS) is 10.9. The highest BCUT2D eigenvalue weighted by atomic mass is 127. The largest absolute Gasteiger partial charge is 0.379 e. The van der Waals surface area contributed by atoms with Gasteiger partial charge in [0.25, 0.3) is 0 Å². The number of nitrogens with zero attached hydrogens (tertiary/aromatic N) is 1. The molecule has 0 saturated heterocycles. The van der Waals surface area contributed by atoms with E-state index in [1.54, 1.807) is 0 Å². The van der Waals surface area contributed by atoms with Crippen molar-refractivity contribution in [2.75, 3.05) is 5.32 Å². The van der Waals surface area contributed by atoms with E-state index in [1.807, 2.05) is 6.20 Å². The molecule has 1 aromatic heterocycles. The van der Waals surface area contributed by atoms with Gasteiger partial charge in [-0.3, -0.25) is 0 Å². The Kier molecular flexibility index (Phi) is 4.86. The van der Waals surface area contributed by atoms with Crippen LogP contribution in [0.3, 0.4) is 0 Å². The fraction of sp³-hybridized carbons (Fsp3) is 0.308. The van der Waals surface area contributed by atoms with Crippen LogP contribution in [-0.4, -0.2) is 4.98 Å². The molecule has 5 heteroatoms. The second kappa shape index (κ2) is 6.21. The Hall–Kier alpha value is -0.330. The molecule has 0 fully saturated rings. The van der Waals surface area contributed by atoms with E-state index in [-0.39, 0.29) is 0 Å². The van der Waals surface area contributed by atoms with E-state index in [9.17, 15) is 0 Å². The number of nitrogens with one attached hydrogen (secondary N) is 1. The first-order valence-electron chi connectivity index (χ1n) is 5.70. The van der Waals surface area contributed by atoms with Gasteiger partial charge in [0.1, 0.15) is 0 Å². The molecular weight excluding hydrogens is 379 g/mol. The maximum Gasteiger partial charge on any atom is 0.183 e. The fourth-order valence-corrected chi connectivity index (χ4v) is 3.23. The van der Waals surface area contributed by atoms with E-state index in [1.165, 1.54) is 20.5 Å². The van der Waals surface area contributed by atoms with Crippen LogP contribution in [0.15, 0.2) is 24.4 Å². The minimum absolute atomic E-state index is 0.563. The molecule has 0 aliphatic rings. The molecule has 96 valence electrons. The van der Waals surface area contributed by atoms with Crippen molar-refractivity contribution in [1.82, 2.24) is 4.98 Å². The minimum Gasteiger partial charge on any atom is -0.379 e. The predicted molar refractivity (Wildman–Crippen MR) is 87.7 cm³/mol. The number of hydrogen-bond donors (Lipinski definition) is 1. The molecule has 0 bridgehead atoms. The Balaban J connectivity index is 2.05. The van der Waals surface area contributed by atoms with E-state index in [4.69, 9.17) is 11.6 Å².